The van der Waals surface area contributed by atoms with Gasteiger partial charge in [-0.1, -0.05) is 0 Å². The lowest BCUT2D eigenvalue weighted by Crippen LogP contribution is -2.54. The van der Waals surface area contributed by atoms with E-state index in [1.807, 2.05) is 42.5 Å². The SMILES string of the molecule is CCOC[C@@H]1CNC[C@H](C(=O)N(C2CC2)[C@@H](C)c2nn(CCCNC(=O)OC)c3nc(C)ccc23)O1. The molecule has 2 amide bonds. The van der Waals surface area contributed by atoms with Gasteiger partial charge in [-0.2, -0.15) is 5.10 Å². The Morgan fingerprint density at radius 3 is 2.86 bits per heavy atom. The molecule has 0 radical (unpaired) electrons. The smallest absolute Gasteiger partial charge is 0.406 e. The van der Waals surface area contributed by atoms with E-state index in [-0.39, 0.29) is 24.1 Å². The van der Waals surface area contributed by atoms with Crippen LogP contribution in [0.2, 0.25) is 0 Å². The molecule has 0 aromatic carbocycles. The van der Waals surface area contributed by atoms with Crippen LogP contribution in [0.4, 0.5) is 4.79 Å². The Morgan fingerprint density at radius 1 is 1.33 bits per heavy atom. The third kappa shape index (κ3) is 6.13. The fraction of sp³-hybridized carbons (Fsp3) is 0.680. The van der Waals surface area contributed by atoms with Gasteiger partial charge in [0.2, 0.25) is 0 Å². The van der Waals surface area contributed by atoms with E-state index in [0.717, 1.165) is 35.3 Å². The minimum atomic E-state index is -0.551. The molecule has 0 spiro atoms. The summed E-state index contributed by atoms with van der Waals surface area (Å²) in [4.78, 5) is 31.8. The van der Waals surface area contributed by atoms with Crippen LogP contribution in [0, 0.1) is 6.92 Å². The van der Waals surface area contributed by atoms with Crippen molar-refractivity contribution in [2.75, 3.05) is 40.0 Å². The highest BCUT2D eigenvalue weighted by Gasteiger charge is 2.42. The maximum atomic E-state index is 13.7. The Labute approximate surface area is 211 Å². The second-order valence-electron chi connectivity index (χ2n) is 9.42. The molecule has 2 aromatic rings. The second-order valence-corrected chi connectivity index (χ2v) is 9.42. The van der Waals surface area contributed by atoms with E-state index in [1.165, 1.54) is 7.11 Å². The first-order chi connectivity index (χ1) is 17.4. The number of alkyl carbamates (subject to hydrolysis) is 1. The number of nitrogens with one attached hydrogen (secondary N) is 2. The molecule has 1 aliphatic carbocycles. The maximum absolute atomic E-state index is 13.7. The Kier molecular flexibility index (Phi) is 8.76. The van der Waals surface area contributed by atoms with Crippen molar-refractivity contribution in [3.05, 3.63) is 23.5 Å². The van der Waals surface area contributed by atoms with Gasteiger partial charge in [0.25, 0.3) is 5.91 Å². The van der Waals surface area contributed by atoms with Crippen LogP contribution < -0.4 is 10.6 Å². The van der Waals surface area contributed by atoms with Crippen molar-refractivity contribution in [3.8, 4) is 0 Å². The lowest BCUT2D eigenvalue weighted by Gasteiger charge is -2.36. The summed E-state index contributed by atoms with van der Waals surface area (Å²) in [5.41, 5.74) is 2.51. The molecule has 2 N–H and O–H groups in total. The summed E-state index contributed by atoms with van der Waals surface area (Å²) in [5, 5.41) is 11.9. The number of carbonyl (C=O) groups is 2. The summed E-state index contributed by atoms with van der Waals surface area (Å²) in [7, 11) is 1.34. The largest absolute Gasteiger partial charge is 0.453 e. The molecule has 11 nitrogen and oxygen atoms in total. The summed E-state index contributed by atoms with van der Waals surface area (Å²) in [6.07, 6.45) is 1.48. The number of hydrogen-bond acceptors (Lipinski definition) is 8. The number of aryl methyl sites for hydroxylation is 2. The topological polar surface area (TPSA) is 120 Å². The van der Waals surface area contributed by atoms with Crippen LogP contribution in [0.5, 0.6) is 0 Å². The van der Waals surface area contributed by atoms with E-state index in [1.54, 1.807) is 0 Å². The Hall–Kier alpha value is -2.76. The molecule has 0 bridgehead atoms. The predicted octanol–water partition coefficient (Wildman–Crippen LogP) is 1.93. The van der Waals surface area contributed by atoms with Crippen LogP contribution >= 0.6 is 0 Å². The van der Waals surface area contributed by atoms with Crippen LogP contribution in [0.25, 0.3) is 11.0 Å². The van der Waals surface area contributed by atoms with Gasteiger partial charge >= 0.3 is 6.09 Å². The number of aromatic nitrogens is 3. The normalized spacial score (nSPS) is 20.8. The minimum Gasteiger partial charge on any atom is -0.453 e. The molecule has 2 aliphatic rings. The fourth-order valence-corrected chi connectivity index (χ4v) is 4.66. The third-order valence-electron chi connectivity index (χ3n) is 6.61. The zero-order valence-electron chi connectivity index (χ0n) is 21.7. The van der Waals surface area contributed by atoms with Crippen LogP contribution in [-0.4, -0.2) is 89.9 Å². The van der Waals surface area contributed by atoms with E-state index >= 15 is 0 Å². The average molecular weight is 503 g/mol. The first kappa shape index (κ1) is 26.3. The van der Waals surface area contributed by atoms with Gasteiger partial charge in [-0.05, 0) is 52.2 Å². The van der Waals surface area contributed by atoms with Crippen LogP contribution in [0.15, 0.2) is 12.1 Å². The van der Waals surface area contributed by atoms with Crippen molar-refractivity contribution in [2.24, 2.45) is 0 Å². The standard InChI is InChI=1S/C25H38N6O5/c1-5-35-15-19-13-26-14-21(36-19)24(32)31(18-8-9-18)17(3)22-20-10-7-16(2)28-23(20)30(29-22)12-6-11-27-25(33)34-4/h7,10,17-19,21,26H,5-6,8-9,11-15H2,1-4H3,(H,27,33)/t17-,19-,21+/m0/s1. The van der Waals surface area contributed by atoms with Gasteiger partial charge in [0.05, 0.1) is 31.6 Å². The molecule has 11 heteroatoms. The minimum absolute atomic E-state index is 0.0104. The summed E-state index contributed by atoms with van der Waals surface area (Å²) >= 11 is 0. The van der Waals surface area contributed by atoms with Crippen LogP contribution in [0.3, 0.4) is 0 Å². The number of ether oxygens (including phenoxy) is 3. The van der Waals surface area contributed by atoms with Crippen molar-refractivity contribution in [1.29, 1.82) is 0 Å². The molecule has 0 unspecified atom stereocenters. The van der Waals surface area contributed by atoms with Gasteiger partial charge in [0.1, 0.15) is 6.10 Å². The Balaban J connectivity index is 1.54. The molecule has 36 heavy (non-hydrogen) atoms. The Bertz CT molecular complexity index is 1050. The monoisotopic (exact) mass is 502 g/mol. The van der Waals surface area contributed by atoms with E-state index < -0.39 is 12.2 Å². The molecule has 3 atom stereocenters. The average Bonchev–Trinajstić information content (AvgIpc) is 3.66. The van der Waals surface area contributed by atoms with Gasteiger partial charge in [0.15, 0.2) is 5.65 Å². The summed E-state index contributed by atoms with van der Waals surface area (Å²) < 4.78 is 18.2. The summed E-state index contributed by atoms with van der Waals surface area (Å²) in [6.45, 7) is 9.23. The van der Waals surface area contributed by atoms with Gasteiger partial charge < -0.3 is 29.7 Å². The van der Waals surface area contributed by atoms with Crippen molar-refractivity contribution >= 4 is 23.0 Å². The number of fused-ring (bicyclic) bond motifs is 1. The van der Waals surface area contributed by atoms with Crippen molar-refractivity contribution < 1.29 is 23.8 Å². The summed E-state index contributed by atoms with van der Waals surface area (Å²) in [5.74, 6) is -0.0104. The second kappa shape index (κ2) is 12.0. The number of methoxy groups -OCH3 is 1. The maximum Gasteiger partial charge on any atom is 0.406 e. The molecular formula is C25H38N6O5. The van der Waals surface area contributed by atoms with Gasteiger partial charge in [-0.15, -0.1) is 0 Å². The van der Waals surface area contributed by atoms with Crippen molar-refractivity contribution in [2.45, 2.75) is 70.9 Å². The quantitative estimate of drug-likeness (QED) is 0.448. The number of carbonyl (C=O) groups excluding carboxylic acids is 2. The number of amides is 2. The van der Waals surface area contributed by atoms with Crippen LogP contribution in [-0.2, 0) is 25.5 Å². The van der Waals surface area contributed by atoms with E-state index in [9.17, 15) is 9.59 Å². The number of nitrogens with zero attached hydrogens (tertiary/aromatic N) is 4. The molecule has 2 fully saturated rings. The van der Waals surface area contributed by atoms with Gasteiger partial charge in [-0.25, -0.2) is 14.5 Å². The Morgan fingerprint density at radius 2 is 2.14 bits per heavy atom. The zero-order valence-corrected chi connectivity index (χ0v) is 21.7. The van der Waals surface area contributed by atoms with E-state index in [4.69, 9.17) is 19.6 Å². The van der Waals surface area contributed by atoms with Crippen LogP contribution in [0.1, 0.15) is 50.5 Å². The van der Waals surface area contributed by atoms with E-state index in [2.05, 4.69) is 15.4 Å². The highest BCUT2D eigenvalue weighted by molar-refractivity contribution is 5.84. The zero-order chi connectivity index (χ0) is 25.7. The first-order valence-corrected chi connectivity index (χ1v) is 12.8. The molecule has 2 aromatic heterocycles. The molecule has 198 valence electrons. The van der Waals surface area contributed by atoms with Gasteiger partial charge in [-0.3, -0.25) is 4.79 Å². The van der Waals surface area contributed by atoms with Crippen molar-refractivity contribution in [3.63, 3.8) is 0 Å². The molecule has 4 rings (SSSR count). The molecule has 3 heterocycles. The first-order valence-electron chi connectivity index (χ1n) is 12.8. The lowest BCUT2D eigenvalue weighted by atomic mass is 10.1. The number of morpholine rings is 1. The molecular weight excluding hydrogens is 464 g/mol. The van der Waals surface area contributed by atoms with Gasteiger partial charge in [0, 0.05) is 49.9 Å². The number of rotatable bonds is 11. The molecule has 1 saturated heterocycles. The predicted molar refractivity (Wildman–Crippen MR) is 134 cm³/mol. The molecule has 1 aliphatic heterocycles. The number of pyridine rings is 1. The third-order valence-corrected chi connectivity index (χ3v) is 6.61. The number of hydrogen-bond donors (Lipinski definition) is 2. The summed E-state index contributed by atoms with van der Waals surface area (Å²) in [6, 6.07) is 3.96. The lowest BCUT2D eigenvalue weighted by molar-refractivity contribution is -0.156. The highest BCUT2D eigenvalue weighted by atomic mass is 16.5. The fourth-order valence-electron chi connectivity index (χ4n) is 4.66. The molecule has 1 saturated carbocycles. The van der Waals surface area contributed by atoms with E-state index in [0.29, 0.717) is 45.8 Å². The van der Waals surface area contributed by atoms with Crippen molar-refractivity contribution in [1.82, 2.24) is 30.3 Å². The highest BCUT2D eigenvalue weighted by Crippen LogP contribution is 2.37.